The molecule has 9 heteroatoms. The van der Waals surface area contributed by atoms with Gasteiger partial charge in [-0.2, -0.15) is 17.9 Å². The fourth-order valence-electron chi connectivity index (χ4n) is 3.36. The quantitative estimate of drug-likeness (QED) is 0.686. The second kappa shape index (κ2) is 7.69. The number of ether oxygens (including phenoxy) is 1. The van der Waals surface area contributed by atoms with Crippen LogP contribution in [0.1, 0.15) is 23.0 Å². The fourth-order valence-corrected chi connectivity index (χ4v) is 3.36. The van der Waals surface area contributed by atoms with E-state index in [-0.39, 0.29) is 11.7 Å². The lowest BCUT2D eigenvalue weighted by Gasteiger charge is -2.33. The molecule has 4 rings (SSSR count). The van der Waals surface area contributed by atoms with Crippen molar-refractivity contribution in [2.45, 2.75) is 12.2 Å². The Hall–Kier alpha value is -2.78. The highest BCUT2D eigenvalue weighted by atomic mass is 19.4. The summed E-state index contributed by atoms with van der Waals surface area (Å²) in [5, 5.41) is 11.9. The van der Waals surface area contributed by atoms with Gasteiger partial charge in [0.05, 0.1) is 30.5 Å². The minimum atomic E-state index is -4.44. The average Bonchev–Trinajstić information content (AvgIpc) is 3.19. The van der Waals surface area contributed by atoms with Gasteiger partial charge in [-0.05, 0) is 34.2 Å². The largest absolute Gasteiger partial charge is 0.416 e. The van der Waals surface area contributed by atoms with Crippen molar-refractivity contribution >= 4 is 0 Å². The first-order valence-corrected chi connectivity index (χ1v) is 8.87. The van der Waals surface area contributed by atoms with Crippen LogP contribution in [0.2, 0.25) is 0 Å². The van der Waals surface area contributed by atoms with Gasteiger partial charge in [0.15, 0.2) is 5.82 Å². The van der Waals surface area contributed by atoms with Gasteiger partial charge in [-0.15, -0.1) is 5.10 Å². The second-order valence-electron chi connectivity index (χ2n) is 6.46. The number of hydrogen-bond acceptors (Lipinski definition) is 5. The van der Waals surface area contributed by atoms with Crippen LogP contribution in [0.4, 0.5) is 13.2 Å². The third-order valence-corrected chi connectivity index (χ3v) is 4.68. The van der Waals surface area contributed by atoms with Gasteiger partial charge in [0, 0.05) is 13.1 Å². The third kappa shape index (κ3) is 3.76. The van der Waals surface area contributed by atoms with Gasteiger partial charge in [-0.25, -0.2) is 0 Å². The zero-order valence-electron chi connectivity index (χ0n) is 14.9. The van der Waals surface area contributed by atoms with E-state index < -0.39 is 11.7 Å². The fraction of sp³-hybridized carbons (Fsp3) is 0.316. The van der Waals surface area contributed by atoms with Gasteiger partial charge in [0.2, 0.25) is 0 Å². The lowest BCUT2D eigenvalue weighted by Crippen LogP contribution is -2.40. The minimum Gasteiger partial charge on any atom is -0.379 e. The zero-order valence-corrected chi connectivity index (χ0v) is 14.9. The molecule has 1 aliphatic heterocycles. The highest BCUT2D eigenvalue weighted by Crippen LogP contribution is 2.32. The van der Waals surface area contributed by atoms with Gasteiger partial charge in [-0.1, -0.05) is 36.4 Å². The average molecular weight is 389 g/mol. The second-order valence-corrected chi connectivity index (χ2v) is 6.46. The van der Waals surface area contributed by atoms with Crippen molar-refractivity contribution in [1.82, 2.24) is 25.1 Å². The SMILES string of the molecule is FC(F)(F)c1cccc(-n2nnnc2[C@@H](c2ccccc2)N2CCOCC2)c1. The van der Waals surface area contributed by atoms with Gasteiger partial charge >= 0.3 is 6.18 Å². The normalized spacial score (nSPS) is 16.8. The van der Waals surface area contributed by atoms with E-state index in [0.29, 0.717) is 32.1 Å². The maximum Gasteiger partial charge on any atom is 0.416 e. The smallest absolute Gasteiger partial charge is 0.379 e. The first-order chi connectivity index (χ1) is 13.5. The van der Waals surface area contributed by atoms with Crippen molar-refractivity contribution in [1.29, 1.82) is 0 Å². The number of aromatic nitrogens is 4. The minimum absolute atomic E-state index is 0.268. The Bertz CT molecular complexity index is 923. The highest BCUT2D eigenvalue weighted by molar-refractivity contribution is 5.38. The highest BCUT2D eigenvalue weighted by Gasteiger charge is 2.32. The molecule has 1 atom stereocenters. The summed E-state index contributed by atoms with van der Waals surface area (Å²) < 4.78 is 46.2. The molecule has 0 aliphatic carbocycles. The zero-order chi connectivity index (χ0) is 19.6. The van der Waals surface area contributed by atoms with Crippen LogP contribution in [0, 0.1) is 0 Å². The van der Waals surface area contributed by atoms with E-state index in [9.17, 15) is 13.2 Å². The summed E-state index contributed by atoms with van der Waals surface area (Å²) in [7, 11) is 0. The van der Waals surface area contributed by atoms with E-state index in [2.05, 4.69) is 20.4 Å². The van der Waals surface area contributed by atoms with E-state index in [4.69, 9.17) is 4.74 Å². The summed E-state index contributed by atoms with van der Waals surface area (Å²) in [4.78, 5) is 2.18. The van der Waals surface area contributed by atoms with Gasteiger partial charge in [0.1, 0.15) is 0 Å². The van der Waals surface area contributed by atoms with Crippen molar-refractivity contribution in [2.24, 2.45) is 0 Å². The number of benzene rings is 2. The maximum absolute atomic E-state index is 13.1. The van der Waals surface area contributed by atoms with E-state index in [1.807, 2.05) is 30.3 Å². The Kier molecular flexibility index (Phi) is 5.10. The molecule has 0 radical (unpaired) electrons. The molecule has 28 heavy (non-hydrogen) atoms. The Balaban J connectivity index is 1.79. The van der Waals surface area contributed by atoms with Crippen LogP contribution >= 0.6 is 0 Å². The van der Waals surface area contributed by atoms with Gasteiger partial charge < -0.3 is 4.74 Å². The van der Waals surface area contributed by atoms with Crippen molar-refractivity contribution in [3.63, 3.8) is 0 Å². The van der Waals surface area contributed by atoms with Crippen LogP contribution in [0.3, 0.4) is 0 Å². The lowest BCUT2D eigenvalue weighted by molar-refractivity contribution is -0.137. The van der Waals surface area contributed by atoms with Crippen molar-refractivity contribution in [3.05, 3.63) is 71.5 Å². The molecule has 6 nitrogen and oxygen atoms in total. The molecular weight excluding hydrogens is 371 g/mol. The Labute approximate surface area is 159 Å². The number of rotatable bonds is 4. The summed E-state index contributed by atoms with van der Waals surface area (Å²) in [6.45, 7) is 2.51. The third-order valence-electron chi connectivity index (χ3n) is 4.68. The molecule has 2 heterocycles. The molecule has 1 aliphatic rings. The summed E-state index contributed by atoms with van der Waals surface area (Å²) >= 11 is 0. The summed E-state index contributed by atoms with van der Waals surface area (Å²) in [5.41, 5.74) is 0.491. The molecule has 0 unspecified atom stereocenters. The molecule has 1 aromatic heterocycles. The van der Waals surface area contributed by atoms with Crippen LogP contribution < -0.4 is 0 Å². The molecule has 1 saturated heterocycles. The summed E-state index contributed by atoms with van der Waals surface area (Å²) in [5.74, 6) is 0.465. The number of morpholine rings is 1. The molecule has 0 spiro atoms. The first kappa shape index (κ1) is 18.6. The molecule has 0 saturated carbocycles. The number of alkyl halides is 3. The monoisotopic (exact) mass is 389 g/mol. The van der Waals surface area contributed by atoms with Crippen LogP contribution in [0.5, 0.6) is 0 Å². The standard InChI is InChI=1S/C19H18F3N5O/c20-19(21,22)15-7-4-8-16(13-15)27-18(23-24-25-27)17(14-5-2-1-3-6-14)26-9-11-28-12-10-26/h1-8,13,17H,9-12H2/t17-/m1/s1. The van der Waals surface area contributed by atoms with Gasteiger partial charge in [-0.3, -0.25) is 4.90 Å². The van der Waals surface area contributed by atoms with Crippen LogP contribution in [0.15, 0.2) is 54.6 Å². The molecule has 0 bridgehead atoms. The van der Waals surface area contributed by atoms with E-state index in [0.717, 1.165) is 17.7 Å². The van der Waals surface area contributed by atoms with E-state index >= 15 is 0 Å². The number of tetrazole rings is 1. The predicted octanol–water partition coefficient (Wildman–Crippen LogP) is 3.10. The molecule has 1 fully saturated rings. The topological polar surface area (TPSA) is 56.1 Å². The number of hydrogen-bond donors (Lipinski definition) is 0. The lowest BCUT2D eigenvalue weighted by atomic mass is 10.0. The number of nitrogens with zero attached hydrogens (tertiary/aromatic N) is 5. The van der Waals surface area contributed by atoms with Crippen LogP contribution in [0.25, 0.3) is 5.69 Å². The Morgan fingerprint density at radius 1 is 0.964 bits per heavy atom. The molecular formula is C19H18F3N5O. The molecule has 0 amide bonds. The van der Waals surface area contributed by atoms with Crippen molar-refractivity contribution < 1.29 is 17.9 Å². The van der Waals surface area contributed by atoms with Crippen LogP contribution in [-0.2, 0) is 10.9 Å². The molecule has 146 valence electrons. The Morgan fingerprint density at radius 3 is 2.43 bits per heavy atom. The van der Waals surface area contributed by atoms with Crippen molar-refractivity contribution in [3.8, 4) is 5.69 Å². The molecule has 2 aromatic carbocycles. The Morgan fingerprint density at radius 2 is 1.71 bits per heavy atom. The first-order valence-electron chi connectivity index (χ1n) is 8.87. The van der Waals surface area contributed by atoms with Crippen LogP contribution in [-0.4, -0.2) is 51.4 Å². The number of halogens is 3. The maximum atomic E-state index is 13.1. The predicted molar refractivity (Wildman–Crippen MR) is 94.8 cm³/mol. The summed E-state index contributed by atoms with van der Waals surface area (Å²) in [6, 6.07) is 14.4. The van der Waals surface area contributed by atoms with E-state index in [1.165, 1.54) is 10.7 Å². The van der Waals surface area contributed by atoms with Crippen molar-refractivity contribution in [2.75, 3.05) is 26.3 Å². The molecule has 3 aromatic rings. The van der Waals surface area contributed by atoms with E-state index in [1.54, 1.807) is 6.07 Å². The molecule has 0 N–H and O–H groups in total. The summed E-state index contributed by atoms with van der Waals surface area (Å²) in [6.07, 6.45) is -4.44. The van der Waals surface area contributed by atoms with Gasteiger partial charge in [0.25, 0.3) is 0 Å².